The second-order valence-electron chi connectivity index (χ2n) is 6.26. The average molecular weight is 338 g/mol. The quantitative estimate of drug-likeness (QED) is 0.683. The van der Waals surface area contributed by atoms with Gasteiger partial charge in [0.15, 0.2) is 11.5 Å². The van der Waals surface area contributed by atoms with Crippen LogP contribution in [-0.4, -0.2) is 22.8 Å². The molecule has 3 aromatic rings. The second-order valence-corrected chi connectivity index (χ2v) is 6.26. The van der Waals surface area contributed by atoms with Crippen LogP contribution in [0.15, 0.2) is 48.7 Å². The molecular weight excluding hydrogens is 312 g/mol. The Morgan fingerprint density at radius 2 is 1.96 bits per heavy atom. The Hall–Kier alpha value is -2.46. The van der Waals surface area contributed by atoms with Gasteiger partial charge < -0.3 is 20.1 Å². The summed E-state index contributed by atoms with van der Waals surface area (Å²) in [5.74, 6) is 0.931. The van der Waals surface area contributed by atoms with Gasteiger partial charge in [-0.2, -0.15) is 0 Å². The number of aromatic hydroxyl groups is 1. The lowest BCUT2D eigenvalue weighted by molar-refractivity contribution is 0.317. The number of phenols is 1. The Morgan fingerprint density at radius 1 is 1.16 bits per heavy atom. The minimum atomic E-state index is 0.178. The van der Waals surface area contributed by atoms with Gasteiger partial charge in [-0.05, 0) is 56.1 Å². The molecule has 0 aliphatic rings. The number of aromatic nitrogens is 1. The highest BCUT2D eigenvalue weighted by Gasteiger charge is 2.17. The molecule has 4 heteroatoms. The van der Waals surface area contributed by atoms with Crippen molar-refractivity contribution in [3.63, 3.8) is 0 Å². The van der Waals surface area contributed by atoms with E-state index < -0.39 is 0 Å². The zero-order chi connectivity index (χ0) is 17.8. The molecule has 0 saturated heterocycles. The van der Waals surface area contributed by atoms with Gasteiger partial charge in [-0.3, -0.25) is 0 Å². The van der Waals surface area contributed by atoms with E-state index in [-0.39, 0.29) is 11.7 Å². The number of para-hydroxylation sites is 1. The third kappa shape index (κ3) is 3.49. The lowest BCUT2D eigenvalue weighted by atomic mass is 9.91. The van der Waals surface area contributed by atoms with Crippen LogP contribution in [-0.2, 0) is 13.0 Å². The van der Waals surface area contributed by atoms with Crippen LogP contribution in [0.1, 0.15) is 30.9 Å². The highest BCUT2D eigenvalue weighted by atomic mass is 16.5. The number of hydrogen-bond donors (Lipinski definition) is 2. The first-order chi connectivity index (χ1) is 12.2. The van der Waals surface area contributed by atoms with Crippen molar-refractivity contribution < 1.29 is 9.84 Å². The fourth-order valence-electron chi connectivity index (χ4n) is 3.42. The van der Waals surface area contributed by atoms with E-state index >= 15 is 0 Å². The molecule has 0 saturated carbocycles. The van der Waals surface area contributed by atoms with E-state index in [1.54, 1.807) is 6.07 Å². The SMILES string of the molecule is CCOc1cc(CC(CN)c2cn(CC)c3ccccc23)ccc1O. The number of hydrogen-bond acceptors (Lipinski definition) is 3. The Bertz CT molecular complexity index is 854. The average Bonchev–Trinajstić information content (AvgIpc) is 3.01. The van der Waals surface area contributed by atoms with Crippen LogP contribution in [0.3, 0.4) is 0 Å². The number of rotatable bonds is 7. The minimum Gasteiger partial charge on any atom is -0.504 e. The van der Waals surface area contributed by atoms with Gasteiger partial charge in [-0.15, -0.1) is 0 Å². The monoisotopic (exact) mass is 338 g/mol. The van der Waals surface area contributed by atoms with Gasteiger partial charge in [0.2, 0.25) is 0 Å². The molecule has 132 valence electrons. The highest BCUT2D eigenvalue weighted by molar-refractivity contribution is 5.84. The van der Waals surface area contributed by atoms with Gasteiger partial charge in [0.05, 0.1) is 6.61 Å². The van der Waals surface area contributed by atoms with Crippen LogP contribution in [0.2, 0.25) is 0 Å². The number of fused-ring (bicyclic) bond motifs is 1. The smallest absolute Gasteiger partial charge is 0.161 e. The molecule has 0 radical (unpaired) electrons. The van der Waals surface area contributed by atoms with Crippen molar-refractivity contribution >= 4 is 10.9 Å². The summed E-state index contributed by atoms with van der Waals surface area (Å²) in [5.41, 5.74) is 9.78. The van der Waals surface area contributed by atoms with E-state index in [4.69, 9.17) is 10.5 Å². The van der Waals surface area contributed by atoms with Crippen molar-refractivity contribution in [2.24, 2.45) is 5.73 Å². The Morgan fingerprint density at radius 3 is 2.68 bits per heavy atom. The van der Waals surface area contributed by atoms with Crippen LogP contribution in [0.5, 0.6) is 11.5 Å². The number of nitrogens with two attached hydrogens (primary N) is 1. The van der Waals surface area contributed by atoms with Crippen LogP contribution in [0.4, 0.5) is 0 Å². The minimum absolute atomic E-state index is 0.178. The third-order valence-electron chi connectivity index (χ3n) is 4.69. The summed E-state index contributed by atoms with van der Waals surface area (Å²) < 4.78 is 7.78. The van der Waals surface area contributed by atoms with Gasteiger partial charge in [0.25, 0.3) is 0 Å². The van der Waals surface area contributed by atoms with E-state index in [0.717, 1.165) is 18.5 Å². The summed E-state index contributed by atoms with van der Waals surface area (Å²) in [7, 11) is 0. The normalized spacial score (nSPS) is 12.4. The Balaban J connectivity index is 1.95. The van der Waals surface area contributed by atoms with Crippen molar-refractivity contribution in [2.75, 3.05) is 13.2 Å². The molecule has 0 fully saturated rings. The molecule has 0 aliphatic carbocycles. The number of aryl methyl sites for hydroxylation is 1. The summed E-state index contributed by atoms with van der Waals surface area (Å²) in [6, 6.07) is 14.0. The Labute approximate surface area is 148 Å². The van der Waals surface area contributed by atoms with E-state index in [1.165, 1.54) is 16.5 Å². The number of benzene rings is 2. The summed E-state index contributed by atoms with van der Waals surface area (Å²) in [4.78, 5) is 0. The van der Waals surface area contributed by atoms with Gasteiger partial charge >= 0.3 is 0 Å². The number of ether oxygens (including phenoxy) is 1. The topological polar surface area (TPSA) is 60.4 Å². The largest absolute Gasteiger partial charge is 0.504 e. The maximum atomic E-state index is 9.90. The predicted octanol–water partition coefficient (Wildman–Crippen LogP) is 4.05. The molecule has 0 spiro atoms. The lowest BCUT2D eigenvalue weighted by Gasteiger charge is -2.16. The molecule has 4 nitrogen and oxygen atoms in total. The van der Waals surface area contributed by atoms with E-state index in [1.807, 2.05) is 19.1 Å². The molecule has 3 rings (SSSR count). The van der Waals surface area contributed by atoms with Gasteiger partial charge in [-0.25, -0.2) is 0 Å². The fraction of sp³-hybridized carbons (Fsp3) is 0.333. The van der Waals surface area contributed by atoms with Gasteiger partial charge in [-0.1, -0.05) is 24.3 Å². The maximum Gasteiger partial charge on any atom is 0.161 e. The van der Waals surface area contributed by atoms with Crippen molar-refractivity contribution in [2.45, 2.75) is 32.7 Å². The Kier molecular flexibility index (Phi) is 5.29. The van der Waals surface area contributed by atoms with Gasteiger partial charge in [0, 0.05) is 29.6 Å². The van der Waals surface area contributed by atoms with Crippen LogP contribution in [0.25, 0.3) is 10.9 Å². The number of phenolic OH excluding ortho intramolecular Hbond substituents is 1. The first kappa shape index (κ1) is 17.4. The third-order valence-corrected chi connectivity index (χ3v) is 4.69. The van der Waals surface area contributed by atoms with E-state index in [0.29, 0.717) is 18.9 Å². The molecule has 0 bridgehead atoms. The van der Waals surface area contributed by atoms with Crippen molar-refractivity contribution in [1.29, 1.82) is 0 Å². The first-order valence-electron chi connectivity index (χ1n) is 8.90. The van der Waals surface area contributed by atoms with E-state index in [9.17, 15) is 5.11 Å². The van der Waals surface area contributed by atoms with Gasteiger partial charge in [0.1, 0.15) is 0 Å². The predicted molar refractivity (Wildman–Crippen MR) is 102 cm³/mol. The summed E-state index contributed by atoms with van der Waals surface area (Å²) in [5, 5.41) is 11.2. The second kappa shape index (κ2) is 7.62. The lowest BCUT2D eigenvalue weighted by Crippen LogP contribution is -2.15. The molecule has 2 aromatic carbocycles. The molecule has 1 atom stereocenters. The molecule has 0 aliphatic heterocycles. The zero-order valence-corrected chi connectivity index (χ0v) is 14.9. The fourth-order valence-corrected chi connectivity index (χ4v) is 3.42. The standard InChI is InChI=1S/C21H26N2O2/c1-3-23-14-18(17-7-5-6-8-19(17)23)16(13-22)11-15-9-10-20(24)21(12-15)25-4-2/h5-10,12,14,16,24H,3-4,11,13,22H2,1-2H3. The molecule has 1 aromatic heterocycles. The summed E-state index contributed by atoms with van der Waals surface area (Å²) in [6.07, 6.45) is 3.04. The zero-order valence-electron chi connectivity index (χ0n) is 14.9. The molecule has 3 N–H and O–H groups in total. The van der Waals surface area contributed by atoms with Crippen molar-refractivity contribution in [1.82, 2.24) is 4.57 Å². The summed E-state index contributed by atoms with van der Waals surface area (Å²) in [6.45, 7) is 6.10. The first-order valence-corrected chi connectivity index (χ1v) is 8.90. The maximum absolute atomic E-state index is 9.90. The van der Waals surface area contributed by atoms with E-state index in [2.05, 4.69) is 42.0 Å². The van der Waals surface area contributed by atoms with Crippen LogP contribution in [0, 0.1) is 0 Å². The molecule has 1 unspecified atom stereocenters. The highest BCUT2D eigenvalue weighted by Crippen LogP contribution is 2.32. The molecular formula is C21H26N2O2. The van der Waals surface area contributed by atoms with Crippen molar-refractivity contribution in [3.8, 4) is 11.5 Å². The molecule has 0 amide bonds. The molecule has 25 heavy (non-hydrogen) atoms. The van der Waals surface area contributed by atoms with Crippen LogP contribution >= 0.6 is 0 Å². The summed E-state index contributed by atoms with van der Waals surface area (Å²) >= 11 is 0. The van der Waals surface area contributed by atoms with Crippen LogP contribution < -0.4 is 10.5 Å². The number of nitrogens with zero attached hydrogens (tertiary/aromatic N) is 1. The van der Waals surface area contributed by atoms with Crippen molar-refractivity contribution in [3.05, 3.63) is 59.8 Å². The molecule has 1 heterocycles.